The zero-order chi connectivity index (χ0) is 25.1. The Bertz CT molecular complexity index is 1290. The van der Waals surface area contributed by atoms with E-state index in [1.165, 1.54) is 0 Å². The van der Waals surface area contributed by atoms with Crippen molar-refractivity contribution in [1.29, 1.82) is 0 Å². The van der Waals surface area contributed by atoms with E-state index in [-0.39, 0.29) is 5.89 Å². The predicted molar refractivity (Wildman–Crippen MR) is 130 cm³/mol. The second kappa shape index (κ2) is 10.3. The molecule has 11 heteroatoms. The number of halogens is 3. The molecule has 1 saturated heterocycles. The Labute approximate surface area is 206 Å². The lowest BCUT2D eigenvalue weighted by Crippen LogP contribution is -2.40. The highest BCUT2D eigenvalue weighted by molar-refractivity contribution is 5.78. The number of alkyl halides is 3. The number of para-hydroxylation sites is 2. The lowest BCUT2D eigenvalue weighted by Gasteiger charge is -2.32. The van der Waals surface area contributed by atoms with Gasteiger partial charge in [-0.15, -0.1) is 0 Å². The number of nitrogens with zero attached hydrogens (tertiary/aromatic N) is 5. The van der Waals surface area contributed by atoms with Crippen molar-refractivity contribution in [1.82, 2.24) is 24.6 Å². The van der Waals surface area contributed by atoms with Gasteiger partial charge >= 0.3 is 6.18 Å². The van der Waals surface area contributed by atoms with Gasteiger partial charge in [0.2, 0.25) is 5.95 Å². The number of hydrogen-bond donors (Lipinski definition) is 2. The number of nitrogens with one attached hydrogen (secondary N) is 1. The summed E-state index contributed by atoms with van der Waals surface area (Å²) >= 11 is 0. The molecule has 0 amide bonds. The van der Waals surface area contributed by atoms with Gasteiger partial charge in [0.15, 0.2) is 0 Å². The van der Waals surface area contributed by atoms with E-state index in [0.717, 1.165) is 68.0 Å². The van der Waals surface area contributed by atoms with Crippen molar-refractivity contribution in [3.8, 4) is 11.5 Å². The number of fused-ring (bicyclic) bond motifs is 1. The van der Waals surface area contributed by atoms with Gasteiger partial charge in [0.25, 0.3) is 11.7 Å². The fraction of sp³-hybridized carbons (Fsp3) is 0.400. The van der Waals surface area contributed by atoms with Crippen LogP contribution in [0.5, 0.6) is 0 Å². The van der Waals surface area contributed by atoms with Crippen molar-refractivity contribution in [2.24, 2.45) is 5.73 Å². The van der Waals surface area contributed by atoms with Gasteiger partial charge in [-0.25, -0.2) is 4.98 Å². The highest BCUT2D eigenvalue weighted by atomic mass is 19.4. The third kappa shape index (κ3) is 5.36. The van der Waals surface area contributed by atoms with Crippen molar-refractivity contribution in [2.75, 3.05) is 31.5 Å². The second-order valence-corrected chi connectivity index (χ2v) is 8.99. The molecule has 0 atom stereocenters. The Morgan fingerprint density at radius 3 is 2.44 bits per heavy atom. The lowest BCUT2D eigenvalue weighted by molar-refractivity contribution is -0.146. The van der Waals surface area contributed by atoms with E-state index in [4.69, 9.17) is 15.2 Å². The van der Waals surface area contributed by atoms with Crippen LogP contribution in [0.15, 0.2) is 53.1 Å². The maximum atomic E-state index is 12.7. The Kier molecular flexibility index (Phi) is 6.92. The van der Waals surface area contributed by atoms with Crippen LogP contribution in [0.2, 0.25) is 0 Å². The average molecular weight is 500 g/mol. The molecule has 1 fully saturated rings. The zero-order valence-corrected chi connectivity index (χ0v) is 19.7. The van der Waals surface area contributed by atoms with Gasteiger partial charge in [0.05, 0.1) is 11.0 Å². The van der Waals surface area contributed by atoms with Crippen molar-refractivity contribution in [3.05, 3.63) is 59.9 Å². The third-order valence-corrected chi connectivity index (χ3v) is 6.53. The van der Waals surface area contributed by atoms with Crippen molar-refractivity contribution < 1.29 is 17.7 Å². The van der Waals surface area contributed by atoms with E-state index in [2.05, 4.69) is 31.0 Å². The summed E-state index contributed by atoms with van der Waals surface area (Å²) in [7, 11) is 0. The number of likely N-dealkylation sites (tertiary alicyclic amines) is 1. The molecule has 5 rings (SSSR count). The van der Waals surface area contributed by atoms with Crippen molar-refractivity contribution in [2.45, 2.75) is 38.0 Å². The summed E-state index contributed by atoms with van der Waals surface area (Å²) in [6.07, 6.45) is -1.74. The van der Waals surface area contributed by atoms with Crippen LogP contribution in [0.3, 0.4) is 0 Å². The maximum absolute atomic E-state index is 12.7. The van der Waals surface area contributed by atoms with Gasteiger partial charge in [-0.3, -0.25) is 0 Å². The summed E-state index contributed by atoms with van der Waals surface area (Å²) in [5, 5.41) is 6.64. The van der Waals surface area contributed by atoms with Crippen LogP contribution in [-0.2, 0) is 19.1 Å². The first-order chi connectivity index (χ1) is 17.4. The molecule has 0 bridgehead atoms. The quantitative estimate of drug-likeness (QED) is 0.375. The molecule has 2 aromatic heterocycles. The van der Waals surface area contributed by atoms with Gasteiger partial charge in [-0.1, -0.05) is 29.4 Å². The van der Waals surface area contributed by atoms with Gasteiger partial charge in [0.1, 0.15) is 0 Å². The summed E-state index contributed by atoms with van der Waals surface area (Å²) in [6, 6.07) is 15.7. The van der Waals surface area contributed by atoms with Crippen molar-refractivity contribution in [3.63, 3.8) is 0 Å². The molecule has 0 aliphatic carbocycles. The van der Waals surface area contributed by atoms with E-state index in [9.17, 15) is 13.2 Å². The van der Waals surface area contributed by atoms with Gasteiger partial charge in [0, 0.05) is 44.3 Å². The fourth-order valence-corrected chi connectivity index (χ4v) is 4.58. The van der Waals surface area contributed by atoms with E-state index >= 15 is 0 Å². The Morgan fingerprint density at radius 2 is 1.75 bits per heavy atom. The molecule has 190 valence electrons. The van der Waals surface area contributed by atoms with Crippen LogP contribution < -0.4 is 11.1 Å². The van der Waals surface area contributed by atoms with Crippen LogP contribution >= 0.6 is 0 Å². The van der Waals surface area contributed by atoms with Crippen molar-refractivity contribution >= 4 is 17.0 Å². The maximum Gasteiger partial charge on any atom is 0.455 e. The first-order valence-corrected chi connectivity index (χ1v) is 12.0. The van der Waals surface area contributed by atoms with Crippen LogP contribution in [0.4, 0.5) is 19.1 Å². The number of nitrogens with two attached hydrogens (primary N) is 1. The second-order valence-electron chi connectivity index (χ2n) is 8.99. The lowest BCUT2D eigenvalue weighted by atomic mass is 10.0. The van der Waals surface area contributed by atoms with E-state index in [1.54, 1.807) is 12.1 Å². The van der Waals surface area contributed by atoms with E-state index < -0.39 is 12.0 Å². The smallest absolute Gasteiger partial charge is 0.353 e. The van der Waals surface area contributed by atoms with E-state index in [1.807, 2.05) is 30.3 Å². The average Bonchev–Trinajstić information content (AvgIpc) is 3.50. The molecule has 3 heterocycles. The Balaban J connectivity index is 1.12. The topological polar surface area (TPSA) is 98.0 Å². The van der Waals surface area contributed by atoms with E-state index in [0.29, 0.717) is 18.2 Å². The predicted octanol–water partition coefficient (Wildman–Crippen LogP) is 4.18. The van der Waals surface area contributed by atoms with Crippen LogP contribution in [0, 0.1) is 0 Å². The van der Waals surface area contributed by atoms with Gasteiger partial charge in [-0.2, -0.15) is 18.2 Å². The number of piperidine rings is 1. The van der Waals surface area contributed by atoms with Gasteiger partial charge < -0.3 is 25.0 Å². The number of rotatable bonds is 8. The fourth-order valence-electron chi connectivity index (χ4n) is 4.58. The highest BCUT2D eigenvalue weighted by Gasteiger charge is 2.37. The molecule has 0 radical (unpaired) electrons. The highest BCUT2D eigenvalue weighted by Crippen LogP contribution is 2.29. The summed E-state index contributed by atoms with van der Waals surface area (Å²) in [6.45, 7) is 4.15. The monoisotopic (exact) mass is 499 g/mol. The molecule has 1 aliphatic heterocycles. The normalized spacial score (nSPS) is 15.6. The molecule has 1 aliphatic rings. The summed E-state index contributed by atoms with van der Waals surface area (Å²) in [5.41, 5.74) is 9.46. The van der Waals surface area contributed by atoms with Gasteiger partial charge in [-0.05, 0) is 49.1 Å². The molecular weight excluding hydrogens is 471 g/mol. The molecular formula is C25H28F3N7O. The Hall–Kier alpha value is -3.44. The molecule has 36 heavy (non-hydrogen) atoms. The SMILES string of the molecule is NCCn1c(NC2CCN(CCc3ccc(-c4nc(C(F)(F)F)no4)cc3)CC2)nc2ccccc21. The minimum atomic E-state index is -4.62. The summed E-state index contributed by atoms with van der Waals surface area (Å²) in [4.78, 5) is 10.6. The number of hydrogen-bond acceptors (Lipinski definition) is 7. The molecule has 2 aromatic carbocycles. The summed E-state index contributed by atoms with van der Waals surface area (Å²) < 4.78 is 45.0. The first-order valence-electron chi connectivity index (χ1n) is 12.0. The number of imidazole rings is 1. The van der Waals surface area contributed by atoms with Crippen LogP contribution in [0.25, 0.3) is 22.5 Å². The standard InChI is InChI=1S/C25H28F3N7O/c26-25(27,28)23-32-22(36-33-23)18-7-5-17(6-8-18)9-13-34-14-10-19(11-15-34)30-24-31-20-3-1-2-4-21(20)35(24)16-12-29/h1-8,19H,9-16,29H2,(H,30,31). The molecule has 0 unspecified atom stereocenters. The van der Waals surface area contributed by atoms with Crippen LogP contribution in [0.1, 0.15) is 24.2 Å². The summed E-state index contributed by atoms with van der Waals surface area (Å²) in [5.74, 6) is -0.525. The number of aromatic nitrogens is 4. The van der Waals surface area contributed by atoms with Crippen LogP contribution in [-0.4, -0.2) is 56.8 Å². The minimum absolute atomic E-state index is 0.136. The molecule has 0 saturated carbocycles. The number of benzene rings is 2. The molecule has 8 nitrogen and oxygen atoms in total. The third-order valence-electron chi connectivity index (χ3n) is 6.53. The molecule has 3 N–H and O–H groups in total. The largest absolute Gasteiger partial charge is 0.455 e. The minimum Gasteiger partial charge on any atom is -0.353 e. The first kappa shape index (κ1) is 24.3. The molecule has 4 aromatic rings. The molecule has 0 spiro atoms. The zero-order valence-electron chi connectivity index (χ0n) is 19.7. The number of anilines is 1. The Morgan fingerprint density at radius 1 is 1.00 bits per heavy atom.